The zero-order valence-electron chi connectivity index (χ0n) is 12.5. The Morgan fingerprint density at radius 2 is 1.89 bits per heavy atom. The molecule has 106 valence electrons. The van der Waals surface area contributed by atoms with Crippen LogP contribution in [-0.4, -0.2) is 19.6 Å². The number of piperidine rings is 1. The molecule has 2 N–H and O–H groups in total. The summed E-state index contributed by atoms with van der Waals surface area (Å²) in [5.74, 6) is 0.786. The van der Waals surface area contributed by atoms with Crippen LogP contribution in [0.15, 0.2) is 18.2 Å². The molecule has 0 aromatic heterocycles. The van der Waals surface area contributed by atoms with Crippen molar-refractivity contribution < 1.29 is 0 Å². The van der Waals surface area contributed by atoms with E-state index in [4.69, 9.17) is 5.73 Å². The van der Waals surface area contributed by atoms with Crippen LogP contribution in [0.3, 0.4) is 0 Å². The summed E-state index contributed by atoms with van der Waals surface area (Å²) >= 11 is 0. The molecule has 0 aliphatic carbocycles. The van der Waals surface area contributed by atoms with Gasteiger partial charge in [-0.05, 0) is 55.7 Å². The van der Waals surface area contributed by atoms with E-state index in [-0.39, 0.29) is 0 Å². The van der Waals surface area contributed by atoms with Crippen molar-refractivity contribution in [3.8, 4) is 0 Å². The lowest BCUT2D eigenvalue weighted by Gasteiger charge is -2.36. The molecule has 19 heavy (non-hydrogen) atoms. The monoisotopic (exact) mass is 260 g/mol. The fraction of sp³-hybridized carbons (Fsp3) is 0.647. The molecule has 1 atom stereocenters. The van der Waals surface area contributed by atoms with Crippen LogP contribution in [0.25, 0.3) is 0 Å². The average molecular weight is 260 g/mol. The van der Waals surface area contributed by atoms with Crippen molar-refractivity contribution in [2.24, 2.45) is 11.7 Å². The highest BCUT2D eigenvalue weighted by molar-refractivity contribution is 5.60. The fourth-order valence-corrected chi connectivity index (χ4v) is 3.36. The largest absolute Gasteiger partial charge is 0.371 e. The second-order valence-corrected chi connectivity index (χ2v) is 5.66. The zero-order chi connectivity index (χ0) is 13.7. The van der Waals surface area contributed by atoms with E-state index in [1.54, 1.807) is 0 Å². The molecule has 1 heterocycles. The van der Waals surface area contributed by atoms with Gasteiger partial charge in [-0.2, -0.15) is 0 Å². The number of aryl methyl sites for hydroxylation is 2. The molecule has 0 radical (unpaired) electrons. The molecule has 1 aromatic carbocycles. The van der Waals surface area contributed by atoms with E-state index in [9.17, 15) is 0 Å². The first-order valence-electron chi connectivity index (χ1n) is 7.85. The van der Waals surface area contributed by atoms with Gasteiger partial charge < -0.3 is 10.6 Å². The van der Waals surface area contributed by atoms with Gasteiger partial charge in [0.05, 0.1) is 0 Å². The van der Waals surface area contributed by atoms with E-state index in [0.717, 1.165) is 25.3 Å². The van der Waals surface area contributed by atoms with Crippen LogP contribution in [0.4, 0.5) is 5.69 Å². The van der Waals surface area contributed by atoms with Crippen molar-refractivity contribution in [2.75, 3.05) is 24.5 Å². The lowest BCUT2D eigenvalue weighted by molar-refractivity contribution is 0.395. The van der Waals surface area contributed by atoms with E-state index in [2.05, 4.69) is 36.9 Å². The summed E-state index contributed by atoms with van der Waals surface area (Å²) in [6.45, 7) is 7.76. The van der Waals surface area contributed by atoms with E-state index in [1.165, 1.54) is 49.2 Å². The highest BCUT2D eigenvalue weighted by Gasteiger charge is 2.22. The van der Waals surface area contributed by atoms with Crippen molar-refractivity contribution in [3.05, 3.63) is 29.3 Å². The second-order valence-electron chi connectivity index (χ2n) is 5.66. The Bertz CT molecular complexity index is 376. The Morgan fingerprint density at radius 1 is 1.21 bits per heavy atom. The average Bonchev–Trinajstić information content (AvgIpc) is 2.47. The van der Waals surface area contributed by atoms with Crippen molar-refractivity contribution >= 4 is 5.69 Å². The van der Waals surface area contributed by atoms with Crippen LogP contribution >= 0.6 is 0 Å². The third-order valence-electron chi connectivity index (χ3n) is 4.38. The number of nitrogens with zero attached hydrogens (tertiary/aromatic N) is 1. The summed E-state index contributed by atoms with van der Waals surface area (Å²) in [7, 11) is 0. The zero-order valence-corrected chi connectivity index (χ0v) is 12.5. The third-order valence-corrected chi connectivity index (χ3v) is 4.38. The Balaban J connectivity index is 2.24. The number of hydrogen-bond donors (Lipinski definition) is 1. The van der Waals surface area contributed by atoms with Gasteiger partial charge in [0.2, 0.25) is 0 Å². The van der Waals surface area contributed by atoms with Gasteiger partial charge in [0.15, 0.2) is 0 Å². The summed E-state index contributed by atoms with van der Waals surface area (Å²) in [4.78, 5) is 2.63. The minimum Gasteiger partial charge on any atom is -0.371 e. The Morgan fingerprint density at radius 3 is 2.47 bits per heavy atom. The standard InChI is InChI=1S/C17H28N2/c1-3-15-8-5-9-16(4-2)17(15)19-12-6-7-14(13-19)10-11-18/h5,8-9,14H,3-4,6-7,10-13,18H2,1-2H3. The summed E-state index contributed by atoms with van der Waals surface area (Å²) in [6.07, 6.45) is 6.09. The van der Waals surface area contributed by atoms with Gasteiger partial charge in [-0.25, -0.2) is 0 Å². The van der Waals surface area contributed by atoms with Crippen LogP contribution in [0, 0.1) is 5.92 Å². The van der Waals surface area contributed by atoms with Gasteiger partial charge in [-0.1, -0.05) is 32.0 Å². The predicted octanol–water partition coefficient (Wildman–Crippen LogP) is 3.38. The lowest BCUT2D eigenvalue weighted by atomic mass is 9.92. The van der Waals surface area contributed by atoms with Crippen molar-refractivity contribution in [1.29, 1.82) is 0 Å². The molecule has 0 saturated carbocycles. The van der Waals surface area contributed by atoms with Crippen LogP contribution in [-0.2, 0) is 12.8 Å². The predicted molar refractivity (Wildman–Crippen MR) is 83.8 cm³/mol. The Hall–Kier alpha value is -1.02. The summed E-state index contributed by atoms with van der Waals surface area (Å²) < 4.78 is 0. The maximum absolute atomic E-state index is 5.74. The first-order valence-corrected chi connectivity index (χ1v) is 7.85. The minimum atomic E-state index is 0.786. The maximum Gasteiger partial charge on any atom is 0.0431 e. The number of para-hydroxylation sites is 1. The molecule has 0 spiro atoms. The molecule has 1 aliphatic rings. The van der Waals surface area contributed by atoms with Crippen LogP contribution in [0.5, 0.6) is 0 Å². The molecule has 1 aliphatic heterocycles. The van der Waals surface area contributed by atoms with Gasteiger partial charge in [0, 0.05) is 18.8 Å². The van der Waals surface area contributed by atoms with Gasteiger partial charge in [0.1, 0.15) is 0 Å². The maximum atomic E-state index is 5.74. The minimum absolute atomic E-state index is 0.786. The molecule has 1 unspecified atom stereocenters. The molecule has 1 saturated heterocycles. The van der Waals surface area contributed by atoms with E-state index >= 15 is 0 Å². The number of rotatable bonds is 5. The number of anilines is 1. The molecule has 0 bridgehead atoms. The molecule has 0 amide bonds. The molecular weight excluding hydrogens is 232 g/mol. The first-order chi connectivity index (χ1) is 9.30. The Labute approximate surface area is 118 Å². The highest BCUT2D eigenvalue weighted by atomic mass is 15.1. The molecule has 1 fully saturated rings. The summed E-state index contributed by atoms with van der Waals surface area (Å²) in [5.41, 5.74) is 10.3. The lowest BCUT2D eigenvalue weighted by Crippen LogP contribution is -2.37. The van der Waals surface area contributed by atoms with Crippen molar-refractivity contribution in [1.82, 2.24) is 0 Å². The number of hydrogen-bond acceptors (Lipinski definition) is 2. The molecule has 1 aromatic rings. The van der Waals surface area contributed by atoms with E-state index < -0.39 is 0 Å². The highest BCUT2D eigenvalue weighted by Crippen LogP contribution is 2.31. The third kappa shape index (κ3) is 3.30. The topological polar surface area (TPSA) is 29.3 Å². The van der Waals surface area contributed by atoms with Crippen LogP contribution in [0.2, 0.25) is 0 Å². The first kappa shape index (κ1) is 14.4. The van der Waals surface area contributed by atoms with Crippen molar-refractivity contribution in [3.63, 3.8) is 0 Å². The number of benzene rings is 1. The van der Waals surface area contributed by atoms with Gasteiger partial charge >= 0.3 is 0 Å². The SMILES string of the molecule is CCc1cccc(CC)c1N1CCCC(CCN)C1. The smallest absolute Gasteiger partial charge is 0.0431 e. The Kier molecular flexibility index (Phi) is 5.26. The fourth-order valence-electron chi connectivity index (χ4n) is 3.36. The summed E-state index contributed by atoms with van der Waals surface area (Å²) in [5, 5.41) is 0. The molecular formula is C17H28N2. The summed E-state index contributed by atoms with van der Waals surface area (Å²) in [6, 6.07) is 6.80. The van der Waals surface area contributed by atoms with E-state index in [1.807, 2.05) is 0 Å². The van der Waals surface area contributed by atoms with E-state index in [0.29, 0.717) is 0 Å². The van der Waals surface area contributed by atoms with Crippen molar-refractivity contribution in [2.45, 2.75) is 46.0 Å². The molecule has 2 nitrogen and oxygen atoms in total. The van der Waals surface area contributed by atoms with Crippen LogP contribution < -0.4 is 10.6 Å². The molecule has 2 rings (SSSR count). The quantitative estimate of drug-likeness (QED) is 0.879. The normalized spacial score (nSPS) is 19.7. The van der Waals surface area contributed by atoms with Gasteiger partial charge in [-0.15, -0.1) is 0 Å². The van der Waals surface area contributed by atoms with Gasteiger partial charge in [-0.3, -0.25) is 0 Å². The number of nitrogens with two attached hydrogens (primary N) is 1. The van der Waals surface area contributed by atoms with Gasteiger partial charge in [0.25, 0.3) is 0 Å². The second kappa shape index (κ2) is 6.95. The van der Waals surface area contributed by atoms with Crippen LogP contribution in [0.1, 0.15) is 44.2 Å². The molecule has 2 heteroatoms.